The molecule has 0 amide bonds. The lowest BCUT2D eigenvalue weighted by Crippen LogP contribution is -2.20. The van der Waals surface area contributed by atoms with Crippen molar-refractivity contribution in [2.45, 2.75) is 18.2 Å². The molecule has 1 aromatic carbocycles. The molecular formula is C12H16BrNS. The second-order valence-corrected chi connectivity index (χ2v) is 6.07. The molecule has 0 bridgehead atoms. The topological polar surface area (TPSA) is 3.24 Å². The summed E-state index contributed by atoms with van der Waals surface area (Å²) in [6.07, 6.45) is 3.56. The van der Waals surface area contributed by atoms with Crippen LogP contribution in [0.2, 0.25) is 0 Å². The molecule has 0 aliphatic carbocycles. The lowest BCUT2D eigenvalue weighted by molar-refractivity contribution is 0.332. The molecule has 1 nitrogen and oxygen atoms in total. The van der Waals surface area contributed by atoms with Crippen molar-refractivity contribution in [3.8, 4) is 0 Å². The van der Waals surface area contributed by atoms with Crippen molar-refractivity contribution in [3.63, 3.8) is 0 Å². The van der Waals surface area contributed by atoms with Crippen LogP contribution >= 0.6 is 27.7 Å². The standard InChI is InChI=1S/C12H16BrNS/c1-15-12-5-6-14(9-12)8-10-3-2-4-11(13)7-10/h2-4,7,12H,5-6,8-9H2,1H3. The number of likely N-dealkylation sites (tertiary alicyclic amines) is 1. The summed E-state index contributed by atoms with van der Waals surface area (Å²) in [4.78, 5) is 2.54. The summed E-state index contributed by atoms with van der Waals surface area (Å²) < 4.78 is 1.18. The smallest absolute Gasteiger partial charge is 0.0234 e. The summed E-state index contributed by atoms with van der Waals surface area (Å²) >= 11 is 5.51. The first-order valence-corrected chi connectivity index (χ1v) is 7.35. The Bertz CT molecular complexity index is 329. The molecule has 0 spiro atoms. The highest BCUT2D eigenvalue weighted by Crippen LogP contribution is 2.22. The van der Waals surface area contributed by atoms with E-state index in [0.29, 0.717) is 0 Å². The Balaban J connectivity index is 1.92. The number of benzene rings is 1. The van der Waals surface area contributed by atoms with Gasteiger partial charge >= 0.3 is 0 Å². The van der Waals surface area contributed by atoms with Crippen LogP contribution in [-0.4, -0.2) is 29.5 Å². The number of rotatable bonds is 3. The Morgan fingerprint density at radius 2 is 2.40 bits per heavy atom. The molecule has 15 heavy (non-hydrogen) atoms. The molecule has 0 saturated carbocycles. The largest absolute Gasteiger partial charge is 0.298 e. The maximum absolute atomic E-state index is 3.51. The van der Waals surface area contributed by atoms with E-state index >= 15 is 0 Å². The van der Waals surface area contributed by atoms with Crippen LogP contribution in [0.3, 0.4) is 0 Å². The third-order valence-corrected chi connectivity index (χ3v) is 4.40. The second kappa shape index (κ2) is 5.37. The fraction of sp³-hybridized carbons (Fsp3) is 0.500. The van der Waals surface area contributed by atoms with Crippen molar-refractivity contribution < 1.29 is 0 Å². The van der Waals surface area contributed by atoms with Crippen LogP contribution in [0.25, 0.3) is 0 Å². The molecule has 1 atom stereocenters. The number of hydrogen-bond donors (Lipinski definition) is 0. The molecular weight excluding hydrogens is 270 g/mol. The molecule has 1 unspecified atom stereocenters. The molecule has 1 aliphatic heterocycles. The van der Waals surface area contributed by atoms with Crippen LogP contribution < -0.4 is 0 Å². The van der Waals surface area contributed by atoms with Crippen LogP contribution in [0.15, 0.2) is 28.7 Å². The van der Waals surface area contributed by atoms with Gasteiger partial charge in [-0.1, -0.05) is 28.1 Å². The summed E-state index contributed by atoms with van der Waals surface area (Å²) in [5.41, 5.74) is 1.41. The Hall–Kier alpha value is 0.01000. The number of hydrogen-bond acceptors (Lipinski definition) is 2. The van der Waals surface area contributed by atoms with Gasteiger partial charge in [0.25, 0.3) is 0 Å². The molecule has 1 saturated heterocycles. The quantitative estimate of drug-likeness (QED) is 0.838. The summed E-state index contributed by atoms with van der Waals surface area (Å²) in [7, 11) is 0. The molecule has 3 heteroatoms. The van der Waals surface area contributed by atoms with E-state index in [0.717, 1.165) is 11.8 Å². The monoisotopic (exact) mass is 285 g/mol. The van der Waals surface area contributed by atoms with Gasteiger partial charge in [-0.25, -0.2) is 0 Å². The van der Waals surface area contributed by atoms with Crippen LogP contribution in [0.1, 0.15) is 12.0 Å². The second-order valence-electron chi connectivity index (χ2n) is 4.01. The zero-order valence-corrected chi connectivity index (χ0v) is 11.4. The highest BCUT2D eigenvalue weighted by atomic mass is 79.9. The molecule has 0 N–H and O–H groups in total. The van der Waals surface area contributed by atoms with Gasteiger partial charge in [0, 0.05) is 22.8 Å². The molecule has 1 heterocycles. The number of halogens is 1. The van der Waals surface area contributed by atoms with Gasteiger partial charge in [0.1, 0.15) is 0 Å². The lowest BCUT2D eigenvalue weighted by atomic mass is 10.2. The first-order chi connectivity index (χ1) is 7.28. The van der Waals surface area contributed by atoms with E-state index < -0.39 is 0 Å². The third kappa shape index (κ3) is 3.23. The van der Waals surface area contributed by atoms with Gasteiger partial charge in [-0.05, 0) is 36.9 Å². The van der Waals surface area contributed by atoms with Gasteiger partial charge in [-0.2, -0.15) is 11.8 Å². The minimum atomic E-state index is 0.845. The third-order valence-electron chi connectivity index (χ3n) is 2.86. The average Bonchev–Trinajstić information content (AvgIpc) is 2.65. The molecule has 0 radical (unpaired) electrons. The van der Waals surface area contributed by atoms with Crippen molar-refractivity contribution in [1.29, 1.82) is 0 Å². The van der Waals surface area contributed by atoms with E-state index in [1.165, 1.54) is 29.5 Å². The first kappa shape index (κ1) is 11.5. The Morgan fingerprint density at radius 3 is 3.07 bits per heavy atom. The maximum Gasteiger partial charge on any atom is 0.0234 e. The van der Waals surface area contributed by atoms with Gasteiger partial charge in [0.05, 0.1) is 0 Å². The van der Waals surface area contributed by atoms with Crippen molar-refractivity contribution in [2.75, 3.05) is 19.3 Å². The lowest BCUT2D eigenvalue weighted by Gasteiger charge is -2.15. The normalized spacial score (nSPS) is 22.1. The SMILES string of the molecule is CSC1CCN(Cc2cccc(Br)c2)C1. The van der Waals surface area contributed by atoms with Gasteiger partial charge in [0.15, 0.2) is 0 Å². The van der Waals surface area contributed by atoms with E-state index in [4.69, 9.17) is 0 Å². The molecule has 1 aromatic rings. The van der Waals surface area contributed by atoms with Crippen LogP contribution in [0.5, 0.6) is 0 Å². The Labute approximate surface area is 104 Å². The minimum Gasteiger partial charge on any atom is -0.298 e. The van der Waals surface area contributed by atoms with Gasteiger partial charge in [-0.15, -0.1) is 0 Å². The molecule has 1 fully saturated rings. The van der Waals surface area contributed by atoms with E-state index in [9.17, 15) is 0 Å². The predicted molar refractivity (Wildman–Crippen MR) is 71.3 cm³/mol. The van der Waals surface area contributed by atoms with Crippen molar-refractivity contribution in [1.82, 2.24) is 4.90 Å². The summed E-state index contributed by atoms with van der Waals surface area (Å²) in [5.74, 6) is 0. The average molecular weight is 286 g/mol. The van der Waals surface area contributed by atoms with Gasteiger partial charge in [0.2, 0.25) is 0 Å². The van der Waals surface area contributed by atoms with Crippen molar-refractivity contribution >= 4 is 27.7 Å². The van der Waals surface area contributed by atoms with E-state index in [2.05, 4.69) is 51.4 Å². The fourth-order valence-corrected chi connectivity index (χ4v) is 3.17. The van der Waals surface area contributed by atoms with Crippen LogP contribution in [0, 0.1) is 0 Å². The number of nitrogens with zero attached hydrogens (tertiary/aromatic N) is 1. The minimum absolute atomic E-state index is 0.845. The van der Waals surface area contributed by atoms with Gasteiger partial charge in [-0.3, -0.25) is 4.90 Å². The zero-order chi connectivity index (χ0) is 10.7. The Morgan fingerprint density at radius 1 is 1.53 bits per heavy atom. The van der Waals surface area contributed by atoms with Crippen LogP contribution in [0.4, 0.5) is 0 Å². The predicted octanol–water partition coefficient (Wildman–Crippen LogP) is 3.39. The van der Waals surface area contributed by atoms with E-state index in [-0.39, 0.29) is 0 Å². The molecule has 1 aliphatic rings. The summed E-state index contributed by atoms with van der Waals surface area (Å²) in [6, 6.07) is 8.61. The summed E-state index contributed by atoms with van der Waals surface area (Å²) in [5, 5.41) is 0.845. The summed E-state index contributed by atoms with van der Waals surface area (Å²) in [6.45, 7) is 3.59. The van der Waals surface area contributed by atoms with E-state index in [1.54, 1.807) is 0 Å². The Kier molecular flexibility index (Phi) is 4.12. The first-order valence-electron chi connectivity index (χ1n) is 5.27. The zero-order valence-electron chi connectivity index (χ0n) is 8.95. The van der Waals surface area contributed by atoms with Crippen LogP contribution in [-0.2, 0) is 6.54 Å². The maximum atomic E-state index is 3.51. The van der Waals surface area contributed by atoms with Gasteiger partial charge < -0.3 is 0 Å². The van der Waals surface area contributed by atoms with Crippen molar-refractivity contribution in [2.24, 2.45) is 0 Å². The fourth-order valence-electron chi connectivity index (χ4n) is 2.03. The number of thioether (sulfide) groups is 1. The highest BCUT2D eigenvalue weighted by molar-refractivity contribution is 9.10. The molecule has 0 aromatic heterocycles. The molecule has 2 rings (SSSR count). The van der Waals surface area contributed by atoms with E-state index in [1.807, 2.05) is 11.8 Å². The molecule has 82 valence electrons. The van der Waals surface area contributed by atoms with Crippen molar-refractivity contribution in [3.05, 3.63) is 34.3 Å². The highest BCUT2D eigenvalue weighted by Gasteiger charge is 2.21.